The first-order chi connectivity index (χ1) is 4.83. The molecule has 0 bridgehead atoms. The number of allylic oxidation sites excluding steroid dienone is 5. The summed E-state index contributed by atoms with van der Waals surface area (Å²) in [4.78, 5) is 1.37. The monoisotopic (exact) mass is 152 g/mol. The molecular weight excluding hydrogens is 140 g/mol. The van der Waals surface area contributed by atoms with Crippen molar-refractivity contribution in [2.75, 3.05) is 6.26 Å². The minimum atomic E-state index is 1.08. The number of hydrogen-bond acceptors (Lipinski definition) is 1. The van der Waals surface area contributed by atoms with Gasteiger partial charge in [0.05, 0.1) is 0 Å². The van der Waals surface area contributed by atoms with Gasteiger partial charge in [-0.3, -0.25) is 0 Å². The van der Waals surface area contributed by atoms with E-state index in [0.29, 0.717) is 0 Å². The molecule has 1 aliphatic rings. The van der Waals surface area contributed by atoms with Gasteiger partial charge in [-0.15, -0.1) is 11.8 Å². The summed E-state index contributed by atoms with van der Waals surface area (Å²) < 4.78 is 0. The zero-order valence-electron chi connectivity index (χ0n) is 6.42. The Bertz CT molecular complexity index is 197. The molecule has 1 rings (SSSR count). The summed E-state index contributed by atoms with van der Waals surface area (Å²) in [6.45, 7) is 2.13. The first-order valence-corrected chi connectivity index (χ1v) is 4.64. The standard InChI is InChI=1S/C9H12S/c1-8-4-3-5-9(10-2)7-6-8/h4-7H,3H2,1-2H3. The fourth-order valence-electron chi connectivity index (χ4n) is 0.862. The molecule has 0 spiro atoms. The lowest BCUT2D eigenvalue weighted by Crippen LogP contribution is -1.64. The van der Waals surface area contributed by atoms with Gasteiger partial charge in [-0.05, 0) is 25.7 Å². The van der Waals surface area contributed by atoms with Gasteiger partial charge in [0.25, 0.3) is 0 Å². The van der Waals surface area contributed by atoms with Crippen LogP contribution in [0.25, 0.3) is 0 Å². The highest BCUT2D eigenvalue weighted by Gasteiger charge is 1.91. The molecule has 0 radical (unpaired) electrons. The van der Waals surface area contributed by atoms with E-state index in [-0.39, 0.29) is 0 Å². The van der Waals surface area contributed by atoms with Crippen LogP contribution in [-0.2, 0) is 0 Å². The Morgan fingerprint density at radius 1 is 1.30 bits per heavy atom. The van der Waals surface area contributed by atoms with Crippen molar-refractivity contribution in [3.8, 4) is 0 Å². The fraction of sp³-hybridized carbons (Fsp3) is 0.333. The third kappa shape index (κ3) is 2.07. The van der Waals surface area contributed by atoms with E-state index in [1.165, 1.54) is 10.5 Å². The van der Waals surface area contributed by atoms with Gasteiger partial charge in [-0.1, -0.05) is 23.8 Å². The second kappa shape index (κ2) is 3.67. The molecule has 0 heterocycles. The van der Waals surface area contributed by atoms with Crippen molar-refractivity contribution in [3.63, 3.8) is 0 Å². The quantitative estimate of drug-likeness (QED) is 0.556. The maximum Gasteiger partial charge on any atom is 0.00324 e. The summed E-state index contributed by atoms with van der Waals surface area (Å²) in [5.74, 6) is 0. The van der Waals surface area contributed by atoms with Crippen LogP contribution in [0.4, 0.5) is 0 Å². The molecule has 0 fully saturated rings. The molecule has 0 aromatic carbocycles. The molecule has 10 heavy (non-hydrogen) atoms. The maximum atomic E-state index is 2.25. The molecule has 0 saturated heterocycles. The lowest BCUT2D eigenvalue weighted by atomic mass is 10.2. The van der Waals surface area contributed by atoms with Crippen LogP contribution in [0.15, 0.2) is 34.8 Å². The second-order valence-electron chi connectivity index (χ2n) is 2.33. The lowest BCUT2D eigenvalue weighted by Gasteiger charge is -1.90. The SMILES string of the molecule is CSC1=CCC=C(C)C=C1. The van der Waals surface area contributed by atoms with Crippen LogP contribution >= 0.6 is 11.8 Å². The largest absolute Gasteiger partial charge is 0.130 e. The van der Waals surface area contributed by atoms with Crippen LogP contribution in [-0.4, -0.2) is 6.26 Å². The first kappa shape index (κ1) is 7.67. The van der Waals surface area contributed by atoms with E-state index in [1.807, 2.05) is 0 Å². The van der Waals surface area contributed by atoms with Crippen LogP contribution in [0.3, 0.4) is 0 Å². The van der Waals surface area contributed by atoms with E-state index < -0.39 is 0 Å². The molecule has 0 unspecified atom stereocenters. The topological polar surface area (TPSA) is 0 Å². The van der Waals surface area contributed by atoms with Gasteiger partial charge in [0.2, 0.25) is 0 Å². The van der Waals surface area contributed by atoms with Crippen LogP contribution in [0.2, 0.25) is 0 Å². The van der Waals surface area contributed by atoms with Gasteiger partial charge < -0.3 is 0 Å². The van der Waals surface area contributed by atoms with Gasteiger partial charge in [0, 0.05) is 4.91 Å². The van der Waals surface area contributed by atoms with Gasteiger partial charge in [-0.2, -0.15) is 0 Å². The Morgan fingerprint density at radius 3 is 2.80 bits per heavy atom. The highest BCUT2D eigenvalue weighted by Crippen LogP contribution is 2.18. The molecule has 0 aromatic heterocycles. The van der Waals surface area contributed by atoms with E-state index in [0.717, 1.165) is 6.42 Å². The van der Waals surface area contributed by atoms with Crippen molar-refractivity contribution in [2.24, 2.45) is 0 Å². The first-order valence-electron chi connectivity index (χ1n) is 3.42. The average molecular weight is 152 g/mol. The summed E-state index contributed by atoms with van der Waals surface area (Å²) >= 11 is 1.80. The van der Waals surface area contributed by atoms with E-state index >= 15 is 0 Å². The summed E-state index contributed by atoms with van der Waals surface area (Å²) in [5.41, 5.74) is 1.36. The predicted octanol–water partition coefficient (Wildman–Crippen LogP) is 3.14. The van der Waals surface area contributed by atoms with E-state index in [9.17, 15) is 0 Å². The molecule has 0 nitrogen and oxygen atoms in total. The zero-order chi connectivity index (χ0) is 7.40. The highest BCUT2D eigenvalue weighted by atomic mass is 32.2. The van der Waals surface area contributed by atoms with Crippen LogP contribution in [0.1, 0.15) is 13.3 Å². The van der Waals surface area contributed by atoms with Crippen molar-refractivity contribution in [1.29, 1.82) is 0 Å². The smallest absolute Gasteiger partial charge is 0.00324 e. The van der Waals surface area contributed by atoms with E-state index in [2.05, 4.69) is 37.5 Å². The number of thioether (sulfide) groups is 1. The molecule has 0 aromatic rings. The molecule has 0 amide bonds. The Labute approximate surface area is 66.7 Å². The van der Waals surface area contributed by atoms with Crippen LogP contribution in [0.5, 0.6) is 0 Å². The molecule has 54 valence electrons. The van der Waals surface area contributed by atoms with Crippen molar-refractivity contribution in [2.45, 2.75) is 13.3 Å². The summed E-state index contributed by atoms with van der Waals surface area (Å²) in [7, 11) is 0. The minimum absolute atomic E-state index is 1.08. The normalized spacial score (nSPS) is 17.8. The van der Waals surface area contributed by atoms with Gasteiger partial charge in [0.15, 0.2) is 0 Å². The lowest BCUT2D eigenvalue weighted by molar-refractivity contribution is 1.35. The van der Waals surface area contributed by atoms with Crippen molar-refractivity contribution < 1.29 is 0 Å². The van der Waals surface area contributed by atoms with Crippen LogP contribution in [0, 0.1) is 0 Å². The Balaban J connectivity index is 2.69. The van der Waals surface area contributed by atoms with Crippen molar-refractivity contribution >= 4 is 11.8 Å². The number of hydrogen-bond donors (Lipinski definition) is 0. The van der Waals surface area contributed by atoms with Gasteiger partial charge in [-0.25, -0.2) is 0 Å². The molecule has 1 heteroatoms. The maximum absolute atomic E-state index is 2.25. The molecule has 0 N–H and O–H groups in total. The molecule has 0 saturated carbocycles. The average Bonchev–Trinajstić information content (AvgIpc) is 2.14. The summed E-state index contributed by atoms with van der Waals surface area (Å²) in [6.07, 6.45) is 12.0. The Morgan fingerprint density at radius 2 is 2.10 bits per heavy atom. The Hall–Kier alpha value is -0.430. The van der Waals surface area contributed by atoms with Gasteiger partial charge in [0.1, 0.15) is 0 Å². The summed E-state index contributed by atoms with van der Waals surface area (Å²) in [5, 5.41) is 0. The number of rotatable bonds is 1. The summed E-state index contributed by atoms with van der Waals surface area (Å²) in [6, 6.07) is 0. The highest BCUT2D eigenvalue weighted by molar-refractivity contribution is 8.02. The Kier molecular flexibility index (Phi) is 2.82. The zero-order valence-corrected chi connectivity index (χ0v) is 7.24. The van der Waals surface area contributed by atoms with E-state index in [1.54, 1.807) is 11.8 Å². The van der Waals surface area contributed by atoms with Crippen LogP contribution < -0.4 is 0 Å². The van der Waals surface area contributed by atoms with E-state index in [4.69, 9.17) is 0 Å². The molecule has 1 aliphatic carbocycles. The third-order valence-corrected chi connectivity index (χ3v) is 2.28. The van der Waals surface area contributed by atoms with Crippen molar-refractivity contribution in [1.82, 2.24) is 0 Å². The molecular formula is C9H12S. The third-order valence-electron chi connectivity index (χ3n) is 1.51. The van der Waals surface area contributed by atoms with Crippen molar-refractivity contribution in [3.05, 3.63) is 34.8 Å². The second-order valence-corrected chi connectivity index (χ2v) is 3.21. The fourth-order valence-corrected chi connectivity index (χ4v) is 1.33. The minimum Gasteiger partial charge on any atom is -0.130 e. The molecule has 0 atom stereocenters. The van der Waals surface area contributed by atoms with Gasteiger partial charge >= 0.3 is 0 Å². The predicted molar refractivity (Wildman–Crippen MR) is 49.1 cm³/mol. The molecule has 0 aliphatic heterocycles.